The lowest BCUT2D eigenvalue weighted by Gasteiger charge is -2.27. The number of ether oxygens (including phenoxy) is 1. The first kappa shape index (κ1) is 15.9. The molecule has 7 nitrogen and oxygen atoms in total. The van der Waals surface area contributed by atoms with Crippen LogP contribution in [0.3, 0.4) is 0 Å². The number of hydrogen-bond acceptors (Lipinski definition) is 5. The van der Waals surface area contributed by atoms with Gasteiger partial charge in [-0.15, -0.1) is 0 Å². The largest absolute Gasteiger partial charge is 0.423 e. The summed E-state index contributed by atoms with van der Waals surface area (Å²) in [6.07, 6.45) is 0. The summed E-state index contributed by atoms with van der Waals surface area (Å²) >= 11 is 5.91. The molecule has 0 bridgehead atoms. The molecule has 3 rings (SSSR count). The van der Waals surface area contributed by atoms with E-state index in [1.54, 1.807) is 24.3 Å². The van der Waals surface area contributed by atoms with E-state index in [4.69, 9.17) is 22.1 Å². The van der Waals surface area contributed by atoms with Gasteiger partial charge >= 0.3 is 5.69 Å². The standard InChI is InChI=1S/C16H13ClN4O3/c1-20-14(22)12-11(8-3-5-9(17)6-4-8)10(7-18)13(19)24-15(12)21(2)16(20)23/h3-6,11H,19H2,1-2H3/t11-/m1/s1. The zero-order valence-electron chi connectivity index (χ0n) is 12.9. The number of aromatic nitrogens is 2. The number of benzene rings is 1. The number of fused-ring (bicyclic) bond motifs is 1. The molecule has 0 fully saturated rings. The monoisotopic (exact) mass is 344 g/mol. The predicted molar refractivity (Wildman–Crippen MR) is 87.7 cm³/mol. The van der Waals surface area contributed by atoms with Crippen LogP contribution < -0.4 is 21.7 Å². The average molecular weight is 345 g/mol. The second-order valence-electron chi connectivity index (χ2n) is 5.40. The lowest BCUT2D eigenvalue weighted by molar-refractivity contribution is 0.348. The van der Waals surface area contributed by atoms with Crippen LogP contribution in [-0.4, -0.2) is 9.13 Å². The summed E-state index contributed by atoms with van der Waals surface area (Å²) in [6.45, 7) is 0. The molecule has 122 valence electrons. The van der Waals surface area contributed by atoms with Crippen molar-refractivity contribution in [1.82, 2.24) is 9.13 Å². The molecule has 0 unspecified atom stereocenters. The van der Waals surface area contributed by atoms with Gasteiger partial charge in [-0.25, -0.2) is 4.79 Å². The summed E-state index contributed by atoms with van der Waals surface area (Å²) in [7, 11) is 2.85. The van der Waals surface area contributed by atoms with E-state index >= 15 is 0 Å². The van der Waals surface area contributed by atoms with Gasteiger partial charge in [0, 0.05) is 19.1 Å². The minimum Gasteiger partial charge on any atom is -0.423 e. The Morgan fingerprint density at radius 1 is 1.21 bits per heavy atom. The fraction of sp³-hybridized carbons (Fsp3) is 0.188. The SMILES string of the molecule is Cn1c2c(c(=O)n(C)c1=O)[C@H](c1ccc(Cl)cc1)C(C#N)=C(N)O2. The number of nitrogens with zero attached hydrogens (tertiary/aromatic N) is 3. The molecule has 2 aromatic rings. The van der Waals surface area contributed by atoms with Gasteiger partial charge in [-0.05, 0) is 17.7 Å². The highest BCUT2D eigenvalue weighted by Gasteiger charge is 2.35. The van der Waals surface area contributed by atoms with Crippen molar-refractivity contribution < 1.29 is 4.74 Å². The van der Waals surface area contributed by atoms with Crippen LogP contribution in [-0.2, 0) is 14.1 Å². The summed E-state index contributed by atoms with van der Waals surface area (Å²) in [5, 5.41) is 10.0. The topological polar surface area (TPSA) is 103 Å². The maximum atomic E-state index is 12.7. The van der Waals surface area contributed by atoms with Crippen LogP contribution in [0.5, 0.6) is 5.88 Å². The molecule has 1 aromatic heterocycles. The van der Waals surface area contributed by atoms with E-state index in [1.165, 1.54) is 18.7 Å². The Labute approximate surface area is 141 Å². The average Bonchev–Trinajstić information content (AvgIpc) is 2.57. The highest BCUT2D eigenvalue weighted by Crippen LogP contribution is 2.39. The summed E-state index contributed by atoms with van der Waals surface area (Å²) in [4.78, 5) is 24.8. The van der Waals surface area contributed by atoms with E-state index in [1.807, 2.05) is 6.07 Å². The third kappa shape index (κ3) is 2.20. The van der Waals surface area contributed by atoms with E-state index in [9.17, 15) is 14.9 Å². The van der Waals surface area contributed by atoms with Gasteiger partial charge in [0.2, 0.25) is 11.8 Å². The van der Waals surface area contributed by atoms with Crippen LogP contribution in [0.15, 0.2) is 45.3 Å². The van der Waals surface area contributed by atoms with Gasteiger partial charge in [0.25, 0.3) is 5.56 Å². The Kier molecular flexibility index (Phi) is 3.70. The first-order chi connectivity index (χ1) is 11.4. The molecule has 1 atom stereocenters. The smallest absolute Gasteiger partial charge is 0.333 e. The molecule has 1 aliphatic heterocycles. The second-order valence-corrected chi connectivity index (χ2v) is 5.84. The van der Waals surface area contributed by atoms with Gasteiger partial charge in [-0.3, -0.25) is 13.9 Å². The van der Waals surface area contributed by atoms with E-state index in [0.29, 0.717) is 10.6 Å². The van der Waals surface area contributed by atoms with Gasteiger partial charge in [-0.1, -0.05) is 23.7 Å². The van der Waals surface area contributed by atoms with Crippen LogP contribution in [0.4, 0.5) is 0 Å². The van der Waals surface area contributed by atoms with Gasteiger partial charge < -0.3 is 10.5 Å². The number of halogens is 1. The van der Waals surface area contributed by atoms with Crippen molar-refractivity contribution in [3.63, 3.8) is 0 Å². The van der Waals surface area contributed by atoms with E-state index < -0.39 is 17.2 Å². The fourth-order valence-electron chi connectivity index (χ4n) is 2.78. The van der Waals surface area contributed by atoms with Gasteiger partial charge in [0.05, 0.1) is 11.5 Å². The molecule has 1 aromatic carbocycles. The molecule has 8 heteroatoms. The zero-order valence-corrected chi connectivity index (χ0v) is 13.7. The Morgan fingerprint density at radius 2 is 1.83 bits per heavy atom. The highest BCUT2D eigenvalue weighted by atomic mass is 35.5. The molecule has 1 aliphatic rings. The molecule has 2 heterocycles. The summed E-state index contributed by atoms with van der Waals surface area (Å²) < 4.78 is 7.59. The minimum atomic E-state index is -0.735. The summed E-state index contributed by atoms with van der Waals surface area (Å²) in [5.74, 6) is -0.825. The van der Waals surface area contributed by atoms with E-state index in [2.05, 4.69) is 0 Å². The third-order valence-electron chi connectivity index (χ3n) is 4.02. The molecule has 24 heavy (non-hydrogen) atoms. The van der Waals surface area contributed by atoms with Crippen molar-refractivity contribution in [2.45, 2.75) is 5.92 Å². The van der Waals surface area contributed by atoms with Crippen molar-refractivity contribution in [2.75, 3.05) is 0 Å². The molecule has 0 amide bonds. The van der Waals surface area contributed by atoms with Crippen molar-refractivity contribution >= 4 is 11.6 Å². The normalized spacial score (nSPS) is 16.3. The quantitative estimate of drug-likeness (QED) is 0.829. The molecule has 2 N–H and O–H groups in total. The number of nitrogens with two attached hydrogens (primary N) is 1. The first-order valence-electron chi connectivity index (χ1n) is 6.99. The maximum Gasteiger partial charge on any atom is 0.333 e. The Morgan fingerprint density at radius 3 is 2.42 bits per heavy atom. The Balaban J connectivity index is 2.41. The van der Waals surface area contributed by atoms with Gasteiger partial charge in [-0.2, -0.15) is 5.26 Å². The maximum absolute atomic E-state index is 12.7. The molecular formula is C16H13ClN4O3. The Hall–Kier alpha value is -2.98. The summed E-state index contributed by atoms with van der Waals surface area (Å²) in [6, 6.07) is 8.72. The number of hydrogen-bond donors (Lipinski definition) is 1. The van der Waals surface area contributed by atoms with Crippen LogP contribution in [0.25, 0.3) is 0 Å². The molecule has 0 saturated carbocycles. The molecular weight excluding hydrogens is 332 g/mol. The van der Waals surface area contributed by atoms with Crippen LogP contribution in [0.1, 0.15) is 17.0 Å². The van der Waals surface area contributed by atoms with Crippen molar-refractivity contribution in [2.24, 2.45) is 19.8 Å². The van der Waals surface area contributed by atoms with Gasteiger partial charge in [0.15, 0.2) is 0 Å². The predicted octanol–water partition coefficient (Wildman–Crippen LogP) is 0.956. The molecule has 0 spiro atoms. The van der Waals surface area contributed by atoms with E-state index in [0.717, 1.165) is 4.57 Å². The lowest BCUT2D eigenvalue weighted by atomic mass is 9.85. The minimum absolute atomic E-state index is 0.0413. The zero-order chi connectivity index (χ0) is 17.6. The first-order valence-corrected chi connectivity index (χ1v) is 7.37. The van der Waals surface area contributed by atoms with Crippen molar-refractivity contribution in [3.8, 4) is 11.9 Å². The molecule has 0 radical (unpaired) electrons. The lowest BCUT2D eigenvalue weighted by Crippen LogP contribution is -2.42. The number of rotatable bonds is 1. The van der Waals surface area contributed by atoms with E-state index in [-0.39, 0.29) is 22.9 Å². The van der Waals surface area contributed by atoms with Crippen molar-refractivity contribution in [1.29, 1.82) is 5.26 Å². The number of allylic oxidation sites excluding steroid dienone is 1. The third-order valence-corrected chi connectivity index (χ3v) is 4.27. The Bertz CT molecular complexity index is 1030. The van der Waals surface area contributed by atoms with Crippen molar-refractivity contribution in [3.05, 3.63) is 72.7 Å². The van der Waals surface area contributed by atoms with Gasteiger partial charge in [0.1, 0.15) is 11.6 Å². The molecule has 0 saturated heterocycles. The van der Waals surface area contributed by atoms with Crippen LogP contribution in [0.2, 0.25) is 5.02 Å². The number of nitriles is 1. The summed E-state index contributed by atoms with van der Waals surface area (Å²) in [5.41, 5.74) is 5.73. The fourth-order valence-corrected chi connectivity index (χ4v) is 2.90. The second kappa shape index (κ2) is 5.58. The highest BCUT2D eigenvalue weighted by molar-refractivity contribution is 6.30. The molecule has 0 aliphatic carbocycles. The van der Waals surface area contributed by atoms with Crippen LogP contribution in [0, 0.1) is 11.3 Å². The van der Waals surface area contributed by atoms with Crippen LogP contribution >= 0.6 is 11.6 Å².